The van der Waals surface area contributed by atoms with Crippen LogP contribution < -0.4 is 4.18 Å². The van der Waals surface area contributed by atoms with Gasteiger partial charge in [0.15, 0.2) is 6.26 Å². The largest absolute Gasteiger partial charge is 0.534 e. The minimum atomic E-state index is -5.84. The van der Waals surface area contributed by atoms with Crippen molar-refractivity contribution in [3.8, 4) is 17.3 Å². The van der Waals surface area contributed by atoms with Gasteiger partial charge in [-0.2, -0.15) is 26.6 Å². The van der Waals surface area contributed by atoms with Gasteiger partial charge in [0.25, 0.3) is 5.88 Å². The van der Waals surface area contributed by atoms with Crippen LogP contribution in [0.1, 0.15) is 0 Å². The van der Waals surface area contributed by atoms with E-state index in [9.17, 15) is 26.0 Å². The Balaban J connectivity index is 2.28. The second-order valence-corrected chi connectivity index (χ2v) is 5.55. The van der Waals surface area contributed by atoms with Crippen LogP contribution in [0.2, 0.25) is 5.02 Å². The molecule has 2 rings (SSSR count). The van der Waals surface area contributed by atoms with Crippen molar-refractivity contribution in [1.82, 2.24) is 4.98 Å². The molecular formula is C10H4ClF4NO4S. The molecule has 1 heterocycles. The summed E-state index contributed by atoms with van der Waals surface area (Å²) in [4.78, 5) is 3.40. The molecule has 21 heavy (non-hydrogen) atoms. The monoisotopic (exact) mass is 345 g/mol. The van der Waals surface area contributed by atoms with Gasteiger partial charge in [0, 0.05) is 5.56 Å². The summed E-state index contributed by atoms with van der Waals surface area (Å²) in [5.41, 5.74) is -5.47. The standard InChI is InChI=1S/C10H4ClF4NO4S/c11-6-3-5(1-2-7(6)12)9-16-8(4-19-9)20-21(17,18)10(13,14)15/h1-4H. The third-order valence-corrected chi connectivity index (χ3v) is 3.37. The van der Waals surface area contributed by atoms with E-state index in [0.717, 1.165) is 12.1 Å². The van der Waals surface area contributed by atoms with Crippen molar-refractivity contribution in [2.45, 2.75) is 5.51 Å². The van der Waals surface area contributed by atoms with Crippen LogP contribution in [0.25, 0.3) is 11.5 Å². The highest BCUT2D eigenvalue weighted by Crippen LogP contribution is 2.29. The number of oxazole rings is 1. The Morgan fingerprint density at radius 2 is 1.95 bits per heavy atom. The molecule has 11 heteroatoms. The number of hydrogen-bond donors (Lipinski definition) is 0. The Labute approximate surface area is 120 Å². The molecule has 0 radical (unpaired) electrons. The summed E-state index contributed by atoms with van der Waals surface area (Å²) >= 11 is 5.52. The fourth-order valence-corrected chi connectivity index (χ4v) is 1.80. The van der Waals surface area contributed by atoms with Crippen LogP contribution in [0, 0.1) is 5.82 Å². The van der Waals surface area contributed by atoms with Crippen molar-refractivity contribution >= 4 is 21.7 Å². The summed E-state index contributed by atoms with van der Waals surface area (Å²) in [5.74, 6) is -1.92. The predicted octanol–water partition coefficient (Wildman–Crippen LogP) is 3.36. The maximum Gasteiger partial charge on any atom is 0.534 e. The first-order valence-corrected chi connectivity index (χ1v) is 6.80. The van der Waals surface area contributed by atoms with Gasteiger partial charge in [0.2, 0.25) is 5.89 Å². The van der Waals surface area contributed by atoms with Gasteiger partial charge in [-0.15, -0.1) is 0 Å². The van der Waals surface area contributed by atoms with Crippen molar-refractivity contribution < 1.29 is 34.6 Å². The van der Waals surface area contributed by atoms with Gasteiger partial charge in [-0.1, -0.05) is 11.6 Å². The molecule has 5 nitrogen and oxygen atoms in total. The SMILES string of the molecule is O=S(=O)(Oc1coc(-c2ccc(F)c(Cl)c2)n1)C(F)(F)F. The molecule has 0 aliphatic rings. The quantitative estimate of drug-likeness (QED) is 0.484. The van der Waals surface area contributed by atoms with Crippen LogP contribution in [0.4, 0.5) is 17.6 Å². The number of rotatable bonds is 3. The molecular weight excluding hydrogens is 342 g/mol. The van der Waals surface area contributed by atoms with Crippen molar-refractivity contribution in [2.75, 3.05) is 0 Å². The normalized spacial score (nSPS) is 12.4. The average molecular weight is 346 g/mol. The highest BCUT2D eigenvalue weighted by Gasteiger charge is 2.49. The van der Waals surface area contributed by atoms with E-state index in [4.69, 9.17) is 16.0 Å². The Hall–Kier alpha value is -1.81. The molecule has 0 fully saturated rings. The predicted molar refractivity (Wildman–Crippen MR) is 62.5 cm³/mol. The lowest BCUT2D eigenvalue weighted by Crippen LogP contribution is -2.28. The van der Waals surface area contributed by atoms with E-state index < -0.39 is 27.3 Å². The Morgan fingerprint density at radius 1 is 1.29 bits per heavy atom. The van der Waals surface area contributed by atoms with Gasteiger partial charge in [0.05, 0.1) is 5.02 Å². The highest BCUT2D eigenvalue weighted by atomic mass is 35.5. The molecule has 0 saturated heterocycles. The minimum absolute atomic E-state index is 0.126. The van der Waals surface area contributed by atoms with E-state index in [1.165, 1.54) is 6.07 Å². The zero-order valence-electron chi connectivity index (χ0n) is 9.69. The molecule has 2 aromatic rings. The highest BCUT2D eigenvalue weighted by molar-refractivity contribution is 7.87. The van der Waals surface area contributed by atoms with Gasteiger partial charge < -0.3 is 8.60 Å². The average Bonchev–Trinajstić information content (AvgIpc) is 2.79. The van der Waals surface area contributed by atoms with Gasteiger partial charge in [-0.05, 0) is 18.2 Å². The van der Waals surface area contributed by atoms with Crippen molar-refractivity contribution in [3.63, 3.8) is 0 Å². The van der Waals surface area contributed by atoms with Crippen LogP contribution in [0.5, 0.6) is 5.88 Å². The fraction of sp³-hybridized carbons (Fsp3) is 0.100. The zero-order chi connectivity index (χ0) is 15.8. The third-order valence-electron chi connectivity index (χ3n) is 2.13. The lowest BCUT2D eigenvalue weighted by molar-refractivity contribution is -0.0501. The molecule has 0 spiro atoms. The Bertz CT molecular complexity index is 772. The molecule has 0 N–H and O–H groups in total. The maximum absolute atomic E-state index is 13.0. The number of alkyl halides is 3. The number of aromatic nitrogens is 1. The number of halogens is 5. The first-order valence-electron chi connectivity index (χ1n) is 5.02. The molecule has 0 bridgehead atoms. The van der Waals surface area contributed by atoms with E-state index in [-0.39, 0.29) is 16.5 Å². The molecule has 114 valence electrons. The van der Waals surface area contributed by atoms with Gasteiger partial charge in [0.1, 0.15) is 5.82 Å². The maximum atomic E-state index is 13.0. The summed E-state index contributed by atoms with van der Waals surface area (Å²) in [6.45, 7) is 0. The summed E-state index contributed by atoms with van der Waals surface area (Å²) in [6, 6.07) is 3.27. The Morgan fingerprint density at radius 3 is 2.52 bits per heavy atom. The second-order valence-electron chi connectivity index (χ2n) is 3.60. The number of benzene rings is 1. The summed E-state index contributed by atoms with van der Waals surface area (Å²) in [7, 11) is -5.84. The van der Waals surface area contributed by atoms with Crippen LogP contribution >= 0.6 is 11.6 Å². The van der Waals surface area contributed by atoms with E-state index in [1.807, 2.05) is 0 Å². The fourth-order valence-electron chi connectivity index (χ4n) is 1.22. The molecule has 0 aliphatic carbocycles. The van der Waals surface area contributed by atoms with E-state index in [0.29, 0.717) is 6.26 Å². The van der Waals surface area contributed by atoms with Gasteiger partial charge in [-0.3, -0.25) is 0 Å². The van der Waals surface area contributed by atoms with Crippen molar-refractivity contribution in [2.24, 2.45) is 0 Å². The van der Waals surface area contributed by atoms with Crippen molar-refractivity contribution in [1.29, 1.82) is 0 Å². The third kappa shape index (κ3) is 3.27. The lowest BCUT2D eigenvalue weighted by atomic mass is 10.2. The topological polar surface area (TPSA) is 69.4 Å². The van der Waals surface area contributed by atoms with Crippen LogP contribution in [0.3, 0.4) is 0 Å². The van der Waals surface area contributed by atoms with Gasteiger partial charge >= 0.3 is 15.6 Å². The zero-order valence-corrected chi connectivity index (χ0v) is 11.3. The molecule has 0 aliphatic heterocycles. The van der Waals surface area contributed by atoms with E-state index in [2.05, 4.69) is 9.17 Å². The smallest absolute Gasteiger partial charge is 0.440 e. The lowest BCUT2D eigenvalue weighted by Gasteiger charge is -2.05. The number of nitrogens with zero attached hydrogens (tertiary/aromatic N) is 1. The Kier molecular flexibility index (Phi) is 3.85. The molecule has 1 aromatic carbocycles. The molecule has 0 unspecified atom stereocenters. The molecule has 0 atom stereocenters. The minimum Gasteiger partial charge on any atom is -0.440 e. The van der Waals surface area contributed by atoms with Gasteiger partial charge in [-0.25, -0.2) is 4.39 Å². The number of hydrogen-bond acceptors (Lipinski definition) is 5. The van der Waals surface area contributed by atoms with Crippen LogP contribution in [-0.4, -0.2) is 18.9 Å². The summed E-state index contributed by atoms with van der Waals surface area (Å²) < 4.78 is 79.4. The first kappa shape index (κ1) is 15.6. The van der Waals surface area contributed by atoms with Crippen LogP contribution in [-0.2, 0) is 10.1 Å². The molecule has 0 amide bonds. The van der Waals surface area contributed by atoms with Crippen LogP contribution in [0.15, 0.2) is 28.9 Å². The second kappa shape index (κ2) is 5.19. The summed E-state index contributed by atoms with van der Waals surface area (Å²) in [6.07, 6.45) is 0.565. The van der Waals surface area contributed by atoms with Crippen molar-refractivity contribution in [3.05, 3.63) is 35.3 Å². The first-order chi connectivity index (χ1) is 9.60. The van der Waals surface area contributed by atoms with E-state index in [1.54, 1.807) is 0 Å². The van der Waals surface area contributed by atoms with E-state index >= 15 is 0 Å². The molecule has 1 aromatic heterocycles. The molecule has 0 saturated carbocycles. The summed E-state index contributed by atoms with van der Waals surface area (Å²) in [5, 5.41) is -0.268.